The number of hydrogen-bond acceptors (Lipinski definition) is 1. The minimum Gasteiger partial charge on any atom is -0.319 e. The number of nitrogens with one attached hydrogen (secondary N) is 1. The maximum absolute atomic E-state index is 5.93. The van der Waals surface area contributed by atoms with Crippen LogP contribution >= 0.6 is 11.6 Å². The molecule has 19 heavy (non-hydrogen) atoms. The van der Waals surface area contributed by atoms with Crippen LogP contribution in [0.25, 0.3) is 0 Å². The number of benzene rings is 1. The molecule has 0 bridgehead atoms. The highest BCUT2D eigenvalue weighted by atomic mass is 35.5. The van der Waals surface area contributed by atoms with Gasteiger partial charge in [0.05, 0.1) is 0 Å². The summed E-state index contributed by atoms with van der Waals surface area (Å²) in [5.41, 5.74) is 1.40. The molecule has 1 aromatic rings. The van der Waals surface area contributed by atoms with E-state index in [1.807, 2.05) is 19.2 Å². The summed E-state index contributed by atoms with van der Waals surface area (Å²) in [4.78, 5) is 0. The van der Waals surface area contributed by atoms with Gasteiger partial charge in [-0.3, -0.25) is 0 Å². The molecule has 0 aromatic heterocycles. The van der Waals surface area contributed by atoms with E-state index < -0.39 is 0 Å². The average Bonchev–Trinajstić information content (AvgIpc) is 2.41. The molecule has 0 aliphatic carbocycles. The minimum absolute atomic E-state index is 0.743. The highest BCUT2D eigenvalue weighted by Crippen LogP contribution is 2.18. The van der Waals surface area contributed by atoms with Crippen molar-refractivity contribution in [2.24, 2.45) is 5.92 Å². The van der Waals surface area contributed by atoms with Gasteiger partial charge in [-0.2, -0.15) is 0 Å². The molecule has 0 fully saturated rings. The van der Waals surface area contributed by atoms with Crippen LogP contribution in [-0.2, 0) is 6.42 Å². The Labute approximate surface area is 123 Å². The Hall–Kier alpha value is -0.530. The lowest BCUT2D eigenvalue weighted by Gasteiger charge is -2.16. The largest absolute Gasteiger partial charge is 0.319 e. The van der Waals surface area contributed by atoms with Crippen LogP contribution in [0.1, 0.15) is 51.0 Å². The third-order valence-corrected chi connectivity index (χ3v) is 3.90. The predicted octanol–water partition coefficient (Wildman–Crippen LogP) is 5.08. The smallest absolute Gasteiger partial charge is 0.0406 e. The number of unbranched alkanes of at least 4 members (excludes halogenated alkanes) is 4. The van der Waals surface area contributed by atoms with Crippen molar-refractivity contribution < 1.29 is 0 Å². The van der Waals surface area contributed by atoms with E-state index >= 15 is 0 Å². The van der Waals surface area contributed by atoms with Crippen molar-refractivity contribution in [1.82, 2.24) is 5.32 Å². The summed E-state index contributed by atoms with van der Waals surface area (Å²) in [5.74, 6) is 0.743. The average molecular weight is 282 g/mol. The van der Waals surface area contributed by atoms with Crippen LogP contribution in [0.5, 0.6) is 0 Å². The lowest BCUT2D eigenvalue weighted by molar-refractivity contribution is 0.433. The second-order valence-corrected chi connectivity index (χ2v) is 5.89. The first-order chi connectivity index (χ1) is 9.26. The van der Waals surface area contributed by atoms with Crippen molar-refractivity contribution in [3.63, 3.8) is 0 Å². The molecule has 0 radical (unpaired) electrons. The highest BCUT2D eigenvalue weighted by Gasteiger charge is 2.08. The molecule has 0 amide bonds. The van der Waals surface area contributed by atoms with Gasteiger partial charge >= 0.3 is 0 Å². The van der Waals surface area contributed by atoms with E-state index in [-0.39, 0.29) is 0 Å². The molecular formula is C17H28ClN. The third-order valence-electron chi connectivity index (χ3n) is 3.65. The number of rotatable bonds is 10. The first-order valence-electron chi connectivity index (χ1n) is 7.65. The number of halogens is 1. The fourth-order valence-corrected chi connectivity index (χ4v) is 2.68. The van der Waals surface area contributed by atoms with Gasteiger partial charge in [0.15, 0.2) is 0 Å². The normalized spacial score (nSPS) is 12.6. The van der Waals surface area contributed by atoms with Gasteiger partial charge in [0.1, 0.15) is 0 Å². The molecule has 1 nitrogen and oxygen atoms in total. The van der Waals surface area contributed by atoms with Crippen molar-refractivity contribution in [1.29, 1.82) is 0 Å². The first-order valence-corrected chi connectivity index (χ1v) is 8.03. The van der Waals surface area contributed by atoms with E-state index in [4.69, 9.17) is 11.6 Å². The number of hydrogen-bond donors (Lipinski definition) is 1. The van der Waals surface area contributed by atoms with Crippen LogP contribution in [0.2, 0.25) is 5.02 Å². The van der Waals surface area contributed by atoms with E-state index in [1.165, 1.54) is 44.1 Å². The second kappa shape index (κ2) is 10.3. The summed E-state index contributed by atoms with van der Waals surface area (Å²) in [7, 11) is 2.05. The Bertz CT molecular complexity index is 321. The van der Waals surface area contributed by atoms with Gasteiger partial charge in [0, 0.05) is 5.02 Å². The van der Waals surface area contributed by atoms with Crippen LogP contribution in [0.4, 0.5) is 0 Å². The molecule has 1 N–H and O–H groups in total. The summed E-state index contributed by atoms with van der Waals surface area (Å²) < 4.78 is 0. The Morgan fingerprint density at radius 3 is 2.37 bits per heavy atom. The maximum atomic E-state index is 5.93. The Morgan fingerprint density at radius 1 is 1.05 bits per heavy atom. The molecular weight excluding hydrogens is 254 g/mol. The minimum atomic E-state index is 0.743. The van der Waals surface area contributed by atoms with Gasteiger partial charge < -0.3 is 5.32 Å². The van der Waals surface area contributed by atoms with Gasteiger partial charge in [-0.25, -0.2) is 0 Å². The van der Waals surface area contributed by atoms with E-state index in [1.54, 1.807) is 0 Å². The lowest BCUT2D eigenvalue weighted by atomic mass is 9.93. The van der Waals surface area contributed by atoms with Crippen molar-refractivity contribution >= 4 is 11.6 Å². The summed E-state index contributed by atoms with van der Waals surface area (Å²) in [5, 5.41) is 4.15. The van der Waals surface area contributed by atoms with Crippen molar-refractivity contribution in [3.8, 4) is 0 Å². The Balaban J connectivity index is 2.33. The lowest BCUT2D eigenvalue weighted by Crippen LogP contribution is -2.20. The maximum Gasteiger partial charge on any atom is 0.0406 e. The van der Waals surface area contributed by atoms with Gasteiger partial charge in [-0.1, -0.05) is 62.8 Å². The molecule has 0 aliphatic rings. The van der Waals surface area contributed by atoms with Crippen LogP contribution in [-0.4, -0.2) is 13.6 Å². The van der Waals surface area contributed by atoms with Crippen molar-refractivity contribution in [3.05, 3.63) is 34.9 Å². The third kappa shape index (κ3) is 7.59. The molecule has 0 spiro atoms. The van der Waals surface area contributed by atoms with E-state index in [9.17, 15) is 0 Å². The summed E-state index contributed by atoms with van der Waals surface area (Å²) in [6, 6.07) is 8.30. The van der Waals surface area contributed by atoms with Gasteiger partial charge in [-0.15, -0.1) is 0 Å². The summed E-state index contributed by atoms with van der Waals surface area (Å²) in [6.45, 7) is 3.38. The Morgan fingerprint density at radius 2 is 1.74 bits per heavy atom. The zero-order valence-electron chi connectivity index (χ0n) is 12.4. The van der Waals surface area contributed by atoms with Gasteiger partial charge in [0.2, 0.25) is 0 Å². The second-order valence-electron chi connectivity index (χ2n) is 5.46. The van der Waals surface area contributed by atoms with E-state index in [2.05, 4.69) is 24.4 Å². The van der Waals surface area contributed by atoms with Crippen LogP contribution in [0.15, 0.2) is 24.3 Å². The van der Waals surface area contributed by atoms with Crippen LogP contribution in [0.3, 0.4) is 0 Å². The highest BCUT2D eigenvalue weighted by molar-refractivity contribution is 6.30. The first kappa shape index (κ1) is 16.5. The van der Waals surface area contributed by atoms with Crippen molar-refractivity contribution in [2.45, 2.75) is 51.9 Å². The molecule has 1 unspecified atom stereocenters. The van der Waals surface area contributed by atoms with E-state index in [0.29, 0.717) is 0 Å². The fourth-order valence-electron chi connectivity index (χ4n) is 2.56. The molecule has 108 valence electrons. The monoisotopic (exact) mass is 281 g/mol. The van der Waals surface area contributed by atoms with Crippen LogP contribution < -0.4 is 5.32 Å². The molecule has 1 rings (SSSR count). The molecule has 0 saturated heterocycles. The molecule has 0 heterocycles. The SMILES string of the molecule is CCCCCCCC(CNC)Cc1ccc(Cl)cc1. The quantitative estimate of drug-likeness (QED) is 0.590. The standard InChI is InChI=1S/C17H28ClN/c1-3-4-5-6-7-8-16(14-19-2)13-15-9-11-17(18)12-10-15/h9-12,16,19H,3-8,13-14H2,1-2H3. The Kier molecular flexibility index (Phi) is 8.94. The summed E-state index contributed by atoms with van der Waals surface area (Å²) in [6.07, 6.45) is 9.33. The molecule has 0 aliphatic heterocycles. The molecule has 0 saturated carbocycles. The zero-order chi connectivity index (χ0) is 13.9. The van der Waals surface area contributed by atoms with Gasteiger partial charge in [0.25, 0.3) is 0 Å². The van der Waals surface area contributed by atoms with Crippen molar-refractivity contribution in [2.75, 3.05) is 13.6 Å². The zero-order valence-corrected chi connectivity index (χ0v) is 13.2. The molecule has 1 atom stereocenters. The fraction of sp³-hybridized carbons (Fsp3) is 0.647. The van der Waals surface area contributed by atoms with Gasteiger partial charge in [-0.05, 0) is 50.0 Å². The van der Waals surface area contributed by atoms with E-state index in [0.717, 1.165) is 23.9 Å². The predicted molar refractivity (Wildman–Crippen MR) is 85.9 cm³/mol. The molecule has 2 heteroatoms. The molecule has 1 aromatic carbocycles. The van der Waals surface area contributed by atoms with Crippen LogP contribution in [0, 0.1) is 5.92 Å². The summed E-state index contributed by atoms with van der Waals surface area (Å²) >= 11 is 5.93. The topological polar surface area (TPSA) is 12.0 Å².